The molecule has 0 aromatic carbocycles. The van der Waals surface area contributed by atoms with Crippen LogP contribution in [-0.2, 0) is 45.4 Å². The van der Waals surface area contributed by atoms with Crippen LogP contribution in [0.15, 0.2) is 0 Å². The zero-order valence-electron chi connectivity index (χ0n) is 25.1. The second-order valence-electron chi connectivity index (χ2n) is 6.17. The number of hydrogen-bond acceptors (Lipinski definition) is 3. The van der Waals surface area contributed by atoms with Crippen LogP contribution in [0.3, 0.4) is 0 Å². The zero-order chi connectivity index (χ0) is 27.9. The first-order chi connectivity index (χ1) is 15.3. The Labute approximate surface area is 241 Å². The minimum Gasteiger partial charge on any atom is 4.00 e. The summed E-state index contributed by atoms with van der Waals surface area (Å²) in [6.45, 7) is 32.2. The van der Waals surface area contributed by atoms with Crippen LogP contribution in [0, 0.1) is 39.5 Å². The molecule has 2 N–H and O–H groups in total. The first-order valence-electron chi connectivity index (χ1n) is 12.3. The summed E-state index contributed by atoms with van der Waals surface area (Å²) in [7, 11) is 0. The normalized spacial score (nSPS) is 6.73. The van der Waals surface area contributed by atoms with Crippen molar-refractivity contribution in [3.8, 4) is 0 Å². The first kappa shape index (κ1) is 64.3. The van der Waals surface area contributed by atoms with E-state index in [0.717, 1.165) is 58.9 Å². The van der Waals surface area contributed by atoms with Gasteiger partial charge in [0, 0.05) is 13.2 Å². The van der Waals surface area contributed by atoms with Gasteiger partial charge in [0.05, 0.1) is 0 Å². The average Bonchev–Trinajstić information content (AvgIpc) is 2.79. The van der Waals surface area contributed by atoms with Gasteiger partial charge in [0.15, 0.2) is 0 Å². The fourth-order valence-corrected chi connectivity index (χ4v) is 0.316. The van der Waals surface area contributed by atoms with E-state index in [-0.39, 0.29) is 21.7 Å². The van der Waals surface area contributed by atoms with Crippen molar-refractivity contribution in [3.05, 3.63) is 39.5 Å². The Kier molecular flexibility index (Phi) is 291. The monoisotopic (exact) mass is 546 g/mol. The Balaban J connectivity index is -0.0000000228. The SMILES string of the molecule is CCCCO.CCCCO.C[CH-]C.C[CH-]C.C[CH-]C.C[CH-]C.[CH2-]CCC.[CH2-]CCC.[O]=[Ti+2].[Ti+4]. The topological polar surface area (TPSA) is 57.5 Å². The summed E-state index contributed by atoms with van der Waals surface area (Å²) in [6.07, 6.45) is 16.6. The average molecular weight is 547 g/mol. The molecule has 204 valence electrons. The van der Waals surface area contributed by atoms with Crippen LogP contribution in [0.25, 0.3) is 0 Å². The van der Waals surface area contributed by atoms with Crippen LogP contribution >= 0.6 is 0 Å². The standard InChI is InChI=1S/2C4H10O.2C4H9.4C3H7.O.2Ti/c2*1-2-3-4-5;2*1-3-4-2;4*1-3-2;;;/h2*5H,2-4H2,1H3;2*1,3-4H2,2H3;4*3H,1-2H3;;;/q;;6*-1;;+2;+4. The molecular weight excluding hydrogens is 480 g/mol. The molecular formula is C28H66O3Ti2. The molecule has 0 heterocycles. The molecule has 5 heteroatoms. The van der Waals surface area contributed by atoms with E-state index in [9.17, 15) is 0 Å². The summed E-state index contributed by atoms with van der Waals surface area (Å²) in [4.78, 5) is 0. The summed E-state index contributed by atoms with van der Waals surface area (Å²) < 4.78 is 8.25. The molecule has 0 aliphatic carbocycles. The van der Waals surface area contributed by atoms with Gasteiger partial charge in [-0.3, -0.25) is 0 Å². The third kappa shape index (κ3) is 629. The van der Waals surface area contributed by atoms with Crippen molar-refractivity contribution in [1.82, 2.24) is 0 Å². The predicted octanol–water partition coefficient (Wildman–Crippen LogP) is 9.60. The molecule has 0 amide bonds. The van der Waals surface area contributed by atoms with E-state index in [0.29, 0.717) is 13.2 Å². The molecule has 33 heavy (non-hydrogen) atoms. The molecule has 0 aromatic rings. The molecule has 0 spiro atoms. The second-order valence-corrected chi connectivity index (χ2v) is 6.17. The molecule has 0 aromatic heterocycles. The van der Waals surface area contributed by atoms with Gasteiger partial charge >= 0.3 is 45.4 Å². The third-order valence-corrected chi connectivity index (χ3v) is 1.73. The zero-order valence-corrected chi connectivity index (χ0v) is 28.2. The predicted molar refractivity (Wildman–Crippen MR) is 148 cm³/mol. The second kappa shape index (κ2) is 149. The summed E-state index contributed by atoms with van der Waals surface area (Å²) in [5.41, 5.74) is 0. The molecule has 0 aliphatic rings. The third-order valence-electron chi connectivity index (χ3n) is 1.73. The van der Waals surface area contributed by atoms with Crippen LogP contribution in [-0.4, -0.2) is 23.4 Å². The van der Waals surface area contributed by atoms with Gasteiger partial charge in [-0.1, -0.05) is 53.4 Å². The van der Waals surface area contributed by atoms with Gasteiger partial charge in [-0.15, -0.1) is 0 Å². The summed E-state index contributed by atoms with van der Waals surface area (Å²) in [5, 5.41) is 16.1. The Morgan fingerprint density at radius 3 is 0.667 bits per heavy atom. The first-order valence-corrected chi connectivity index (χ1v) is 12.9. The van der Waals surface area contributed by atoms with E-state index in [4.69, 9.17) is 13.5 Å². The van der Waals surface area contributed by atoms with Crippen molar-refractivity contribution < 1.29 is 55.7 Å². The van der Waals surface area contributed by atoms with Crippen LogP contribution in [0.2, 0.25) is 0 Å². The molecule has 3 nitrogen and oxygen atoms in total. The fraction of sp³-hybridized carbons (Fsp3) is 0.786. The molecule has 0 fully saturated rings. The van der Waals surface area contributed by atoms with E-state index in [1.165, 1.54) is 12.8 Å². The van der Waals surface area contributed by atoms with Gasteiger partial charge in [-0.05, 0) is 12.8 Å². The van der Waals surface area contributed by atoms with Crippen LogP contribution in [0.4, 0.5) is 0 Å². The number of aliphatic hydroxyl groups excluding tert-OH is 2. The van der Waals surface area contributed by atoms with E-state index in [1.807, 2.05) is 81.1 Å². The van der Waals surface area contributed by atoms with Gasteiger partial charge in [0.25, 0.3) is 0 Å². The van der Waals surface area contributed by atoms with E-state index in [2.05, 4.69) is 41.5 Å². The van der Waals surface area contributed by atoms with Crippen molar-refractivity contribution in [1.29, 1.82) is 0 Å². The molecule has 0 unspecified atom stereocenters. The quantitative estimate of drug-likeness (QED) is 0.258. The molecule has 0 saturated heterocycles. The van der Waals surface area contributed by atoms with Crippen molar-refractivity contribution in [2.24, 2.45) is 0 Å². The number of aliphatic hydroxyl groups is 2. The number of hydrogen-bond donors (Lipinski definition) is 2. The molecule has 0 aliphatic heterocycles. The summed E-state index contributed by atoms with van der Waals surface area (Å²) >= 11 is 0.750. The maximum atomic E-state index is 8.25. The van der Waals surface area contributed by atoms with Crippen molar-refractivity contribution in [2.75, 3.05) is 13.2 Å². The molecule has 0 rings (SSSR count). The summed E-state index contributed by atoms with van der Waals surface area (Å²) in [5.74, 6) is 0. The Bertz CT molecular complexity index is 116. The minimum atomic E-state index is 0. The Hall–Kier alpha value is 1.15. The van der Waals surface area contributed by atoms with Gasteiger partial charge < -0.3 is 49.7 Å². The van der Waals surface area contributed by atoms with E-state index >= 15 is 0 Å². The van der Waals surface area contributed by atoms with Crippen LogP contribution in [0.1, 0.15) is 134 Å². The van der Waals surface area contributed by atoms with Crippen molar-refractivity contribution >= 4 is 0 Å². The van der Waals surface area contributed by atoms with Gasteiger partial charge in [0.1, 0.15) is 0 Å². The minimum absolute atomic E-state index is 0. The maximum Gasteiger partial charge on any atom is 4.00 e. The van der Waals surface area contributed by atoms with Crippen LogP contribution < -0.4 is 0 Å². The fourth-order valence-electron chi connectivity index (χ4n) is 0.316. The largest absolute Gasteiger partial charge is 4.00 e. The molecule has 0 saturated carbocycles. The van der Waals surface area contributed by atoms with Crippen LogP contribution in [0.5, 0.6) is 0 Å². The smallest absolute Gasteiger partial charge is 4.00 e. The molecule has 0 atom stereocenters. The molecule has 0 bridgehead atoms. The van der Waals surface area contributed by atoms with Gasteiger partial charge in [-0.25, -0.2) is 0 Å². The molecule has 0 radical (unpaired) electrons. The van der Waals surface area contributed by atoms with Gasteiger partial charge in [-0.2, -0.15) is 68.2 Å². The summed E-state index contributed by atoms with van der Waals surface area (Å²) in [6, 6.07) is 0. The Morgan fingerprint density at radius 2 is 0.667 bits per heavy atom. The van der Waals surface area contributed by atoms with Crippen molar-refractivity contribution in [3.63, 3.8) is 0 Å². The maximum absolute atomic E-state index is 8.25. The Morgan fingerprint density at radius 1 is 0.545 bits per heavy atom. The van der Waals surface area contributed by atoms with Crippen molar-refractivity contribution in [2.45, 2.75) is 134 Å². The van der Waals surface area contributed by atoms with E-state index < -0.39 is 0 Å². The van der Waals surface area contributed by atoms with E-state index in [1.54, 1.807) is 0 Å². The number of unbranched alkanes of at least 4 members (excludes halogenated alkanes) is 4. The van der Waals surface area contributed by atoms with Gasteiger partial charge in [0.2, 0.25) is 0 Å². The number of rotatable bonds is 6.